The molecule has 0 aliphatic heterocycles. The van der Waals surface area contributed by atoms with Crippen LogP contribution in [0.5, 0.6) is 0 Å². The number of halogens is 1. The lowest BCUT2D eigenvalue weighted by Gasteiger charge is -2.12. The maximum atomic E-state index is 12.2. The van der Waals surface area contributed by atoms with Gasteiger partial charge in [0.15, 0.2) is 0 Å². The highest BCUT2D eigenvalue weighted by Gasteiger charge is 2.17. The van der Waals surface area contributed by atoms with Gasteiger partial charge < -0.3 is 9.42 Å². The molecule has 0 aliphatic rings. The quantitative estimate of drug-likeness (QED) is 0.733. The predicted octanol–water partition coefficient (Wildman–Crippen LogP) is 3.12. The van der Waals surface area contributed by atoms with Crippen molar-refractivity contribution in [3.8, 4) is 11.5 Å². The molecule has 3 rings (SSSR count). The number of carbonyl (C=O) groups excluding carboxylic acids is 1. The number of hydrogen-bond acceptors (Lipinski definition) is 6. The average molecular weight is 335 g/mol. The first-order valence-corrected chi connectivity index (χ1v) is 7.58. The van der Waals surface area contributed by atoms with E-state index in [1.54, 1.807) is 31.4 Å². The van der Waals surface area contributed by atoms with E-state index >= 15 is 0 Å². The van der Waals surface area contributed by atoms with E-state index in [4.69, 9.17) is 16.1 Å². The van der Waals surface area contributed by atoms with E-state index in [9.17, 15) is 4.79 Å². The first kappa shape index (κ1) is 14.7. The van der Waals surface area contributed by atoms with Crippen LogP contribution in [-0.4, -0.2) is 33.0 Å². The zero-order valence-corrected chi connectivity index (χ0v) is 13.1. The van der Waals surface area contributed by atoms with E-state index in [1.807, 2.05) is 12.1 Å². The van der Waals surface area contributed by atoms with Gasteiger partial charge >= 0.3 is 0 Å². The highest BCUT2D eigenvalue weighted by Crippen LogP contribution is 2.23. The van der Waals surface area contributed by atoms with Gasteiger partial charge in [-0.1, -0.05) is 22.8 Å². The largest absolute Gasteiger partial charge is 0.337 e. The molecule has 0 fully saturated rings. The Morgan fingerprint density at radius 1 is 1.36 bits per heavy atom. The highest BCUT2D eigenvalue weighted by molar-refractivity contribution is 7.17. The van der Waals surface area contributed by atoms with Crippen LogP contribution < -0.4 is 0 Å². The third kappa shape index (κ3) is 3.15. The molecule has 3 aromatic heterocycles. The Balaban J connectivity index is 1.71. The molecule has 0 saturated heterocycles. The minimum atomic E-state index is -0.144. The van der Waals surface area contributed by atoms with Crippen LogP contribution in [-0.2, 0) is 6.54 Å². The van der Waals surface area contributed by atoms with E-state index in [0.29, 0.717) is 26.6 Å². The van der Waals surface area contributed by atoms with E-state index in [1.165, 1.54) is 16.2 Å². The molecular formula is C14H11ClN4O2S. The molecular weight excluding hydrogens is 324 g/mol. The van der Waals surface area contributed by atoms with E-state index < -0.39 is 0 Å². The third-order valence-corrected chi connectivity index (χ3v) is 4.08. The van der Waals surface area contributed by atoms with Crippen LogP contribution in [0.1, 0.15) is 15.6 Å². The van der Waals surface area contributed by atoms with Crippen LogP contribution in [0.2, 0.25) is 4.34 Å². The molecule has 1 amide bonds. The number of hydrogen-bond donors (Lipinski definition) is 0. The number of aromatic nitrogens is 3. The topological polar surface area (TPSA) is 72.1 Å². The normalized spacial score (nSPS) is 10.6. The number of thiophene rings is 1. The molecule has 3 aromatic rings. The molecule has 8 heteroatoms. The third-order valence-electron chi connectivity index (χ3n) is 2.87. The fourth-order valence-corrected chi connectivity index (χ4v) is 2.85. The van der Waals surface area contributed by atoms with Gasteiger partial charge in [0.25, 0.3) is 5.91 Å². The van der Waals surface area contributed by atoms with E-state index in [-0.39, 0.29) is 12.5 Å². The standard InChI is InChI=1S/C14H11ClN4O2S/c1-19(14(20)10-5-6-11(15)22-10)8-12-17-13(18-21-12)9-4-2-3-7-16-9/h2-7H,8H2,1H3. The molecule has 112 valence electrons. The molecule has 3 heterocycles. The summed E-state index contributed by atoms with van der Waals surface area (Å²) in [5.41, 5.74) is 0.622. The van der Waals surface area contributed by atoms with Crippen molar-refractivity contribution in [1.82, 2.24) is 20.0 Å². The summed E-state index contributed by atoms with van der Waals surface area (Å²) in [4.78, 5) is 22.7. The summed E-state index contributed by atoms with van der Waals surface area (Å²) in [5.74, 6) is 0.601. The Bertz CT molecular complexity index is 787. The van der Waals surface area contributed by atoms with Gasteiger partial charge in [-0.2, -0.15) is 4.98 Å². The van der Waals surface area contributed by atoms with Crippen LogP contribution in [0.25, 0.3) is 11.5 Å². The fourth-order valence-electron chi connectivity index (χ4n) is 1.81. The SMILES string of the molecule is CN(Cc1nc(-c2ccccn2)no1)C(=O)c1ccc(Cl)s1. The number of nitrogens with zero attached hydrogens (tertiary/aromatic N) is 4. The summed E-state index contributed by atoms with van der Waals surface area (Å²) in [5, 5.41) is 3.87. The first-order chi connectivity index (χ1) is 10.6. The summed E-state index contributed by atoms with van der Waals surface area (Å²) >= 11 is 7.07. The molecule has 0 aliphatic carbocycles. The van der Waals surface area contributed by atoms with Gasteiger partial charge in [-0.05, 0) is 24.3 Å². The molecule has 0 N–H and O–H groups in total. The van der Waals surface area contributed by atoms with Gasteiger partial charge in [0.05, 0.1) is 9.21 Å². The number of pyridine rings is 1. The maximum absolute atomic E-state index is 12.2. The average Bonchev–Trinajstić information content (AvgIpc) is 3.16. The minimum Gasteiger partial charge on any atom is -0.337 e. The van der Waals surface area contributed by atoms with Crippen molar-refractivity contribution < 1.29 is 9.32 Å². The van der Waals surface area contributed by atoms with Gasteiger partial charge in [0.1, 0.15) is 12.2 Å². The molecule has 0 aromatic carbocycles. The van der Waals surface area contributed by atoms with Crippen molar-refractivity contribution in [2.75, 3.05) is 7.05 Å². The number of amides is 1. The Morgan fingerprint density at radius 2 is 2.23 bits per heavy atom. The zero-order valence-electron chi connectivity index (χ0n) is 11.6. The summed E-state index contributed by atoms with van der Waals surface area (Å²) in [7, 11) is 1.67. The van der Waals surface area contributed by atoms with Crippen molar-refractivity contribution in [2.24, 2.45) is 0 Å². The molecule has 0 atom stereocenters. The van der Waals surface area contributed by atoms with E-state index in [0.717, 1.165) is 0 Å². The fraction of sp³-hybridized carbons (Fsp3) is 0.143. The van der Waals surface area contributed by atoms with Gasteiger partial charge in [0.2, 0.25) is 11.7 Å². The second kappa shape index (κ2) is 6.25. The Kier molecular flexibility index (Phi) is 4.17. The zero-order chi connectivity index (χ0) is 15.5. The lowest BCUT2D eigenvalue weighted by molar-refractivity contribution is 0.0774. The number of carbonyl (C=O) groups is 1. The molecule has 6 nitrogen and oxygen atoms in total. The maximum Gasteiger partial charge on any atom is 0.264 e. The van der Waals surface area contributed by atoms with Crippen molar-refractivity contribution in [1.29, 1.82) is 0 Å². The van der Waals surface area contributed by atoms with Crippen LogP contribution >= 0.6 is 22.9 Å². The predicted molar refractivity (Wildman–Crippen MR) is 82.7 cm³/mol. The summed E-state index contributed by atoms with van der Waals surface area (Å²) in [6.45, 7) is 0.216. The molecule has 0 saturated carbocycles. The second-order valence-electron chi connectivity index (χ2n) is 4.49. The van der Waals surface area contributed by atoms with Crippen molar-refractivity contribution in [3.05, 3.63) is 51.6 Å². The monoisotopic (exact) mass is 334 g/mol. The molecule has 22 heavy (non-hydrogen) atoms. The Morgan fingerprint density at radius 3 is 2.91 bits per heavy atom. The van der Waals surface area contributed by atoms with Crippen molar-refractivity contribution in [3.63, 3.8) is 0 Å². The minimum absolute atomic E-state index is 0.144. The lowest BCUT2D eigenvalue weighted by atomic mass is 10.3. The van der Waals surface area contributed by atoms with Crippen LogP contribution in [0.15, 0.2) is 41.1 Å². The van der Waals surface area contributed by atoms with Crippen LogP contribution in [0.4, 0.5) is 0 Å². The molecule has 0 bridgehead atoms. The Labute approximate surface area is 135 Å². The van der Waals surface area contributed by atoms with Crippen molar-refractivity contribution >= 4 is 28.8 Å². The van der Waals surface area contributed by atoms with Gasteiger partial charge in [-0.3, -0.25) is 9.78 Å². The summed E-state index contributed by atoms with van der Waals surface area (Å²) in [6.07, 6.45) is 1.65. The van der Waals surface area contributed by atoms with Gasteiger partial charge in [-0.15, -0.1) is 11.3 Å². The second-order valence-corrected chi connectivity index (χ2v) is 6.21. The molecule has 0 radical (unpaired) electrons. The van der Waals surface area contributed by atoms with Crippen LogP contribution in [0.3, 0.4) is 0 Å². The number of rotatable bonds is 4. The lowest BCUT2D eigenvalue weighted by Crippen LogP contribution is -2.25. The van der Waals surface area contributed by atoms with Crippen molar-refractivity contribution in [2.45, 2.75) is 6.54 Å². The highest BCUT2D eigenvalue weighted by atomic mass is 35.5. The smallest absolute Gasteiger partial charge is 0.264 e. The van der Waals surface area contributed by atoms with Gasteiger partial charge in [-0.25, -0.2) is 0 Å². The Hall–Kier alpha value is -2.25. The van der Waals surface area contributed by atoms with Crippen LogP contribution in [0, 0.1) is 0 Å². The summed E-state index contributed by atoms with van der Waals surface area (Å²) in [6, 6.07) is 8.83. The molecule has 0 unspecified atom stereocenters. The first-order valence-electron chi connectivity index (χ1n) is 6.38. The molecule has 0 spiro atoms. The summed E-state index contributed by atoms with van der Waals surface area (Å²) < 4.78 is 5.74. The van der Waals surface area contributed by atoms with E-state index in [2.05, 4.69) is 15.1 Å². The van der Waals surface area contributed by atoms with Gasteiger partial charge in [0, 0.05) is 13.2 Å².